The monoisotopic (exact) mass is 421 g/mol. The molecule has 1 N–H and O–H groups in total. The summed E-state index contributed by atoms with van der Waals surface area (Å²) in [5.74, 6) is -1.20. The van der Waals surface area contributed by atoms with Crippen molar-refractivity contribution in [3.8, 4) is 0 Å². The van der Waals surface area contributed by atoms with Crippen LogP contribution in [0.5, 0.6) is 0 Å². The van der Waals surface area contributed by atoms with Crippen LogP contribution in [-0.2, 0) is 6.54 Å². The summed E-state index contributed by atoms with van der Waals surface area (Å²) in [4.78, 5) is 0. The Labute approximate surface area is 139 Å². The van der Waals surface area contributed by atoms with E-state index in [0.29, 0.717) is 16.7 Å². The van der Waals surface area contributed by atoms with Gasteiger partial charge in [-0.15, -0.1) is 0 Å². The number of rotatable bonds is 5. The number of hydrogen-bond donors (Lipinski definition) is 1. The van der Waals surface area contributed by atoms with Crippen LogP contribution in [0, 0.1) is 11.6 Å². The Hall–Kier alpha value is -0.790. The number of nitrogens with one attached hydrogen (secondary N) is 1. The zero-order chi connectivity index (χ0) is 15.6. The predicted molar refractivity (Wildman–Crippen MR) is 85.2 cm³/mol. The summed E-state index contributed by atoms with van der Waals surface area (Å²) in [6, 6.07) is 1.90. The minimum atomic E-state index is -0.624. The molecule has 0 saturated carbocycles. The molecule has 1 atom stereocenters. The molecule has 1 aromatic heterocycles. The van der Waals surface area contributed by atoms with E-state index in [1.54, 1.807) is 17.9 Å². The second-order valence-corrected chi connectivity index (χ2v) is 6.38. The summed E-state index contributed by atoms with van der Waals surface area (Å²) in [7, 11) is 1.67. The van der Waals surface area contributed by atoms with Crippen molar-refractivity contribution in [3.05, 3.63) is 50.2 Å². The highest BCUT2D eigenvalue weighted by Crippen LogP contribution is 2.33. The van der Waals surface area contributed by atoms with Gasteiger partial charge in [-0.2, -0.15) is 5.10 Å². The zero-order valence-electron chi connectivity index (χ0n) is 11.6. The van der Waals surface area contributed by atoms with Gasteiger partial charge in [0, 0.05) is 16.6 Å². The van der Waals surface area contributed by atoms with Gasteiger partial charge in [-0.25, -0.2) is 8.78 Å². The third-order valence-electron chi connectivity index (χ3n) is 3.16. The Morgan fingerprint density at radius 2 is 1.90 bits per heavy atom. The SMILES string of the molecule is CCCn1ncc(Br)c1C(NC)c1c(F)cc(Br)cc1F. The van der Waals surface area contributed by atoms with Crippen LogP contribution in [0.15, 0.2) is 27.3 Å². The first-order valence-corrected chi connectivity index (χ1v) is 8.11. The van der Waals surface area contributed by atoms with Crippen LogP contribution in [-0.4, -0.2) is 16.8 Å². The van der Waals surface area contributed by atoms with Crippen molar-refractivity contribution in [2.75, 3.05) is 7.05 Å². The Balaban J connectivity index is 2.58. The molecule has 21 heavy (non-hydrogen) atoms. The van der Waals surface area contributed by atoms with Crippen molar-refractivity contribution in [2.24, 2.45) is 0 Å². The minimum Gasteiger partial charge on any atom is -0.308 e. The molecule has 1 heterocycles. The normalized spacial score (nSPS) is 12.7. The molecule has 0 fully saturated rings. The summed E-state index contributed by atoms with van der Waals surface area (Å²) in [6.07, 6.45) is 2.52. The van der Waals surface area contributed by atoms with Gasteiger partial charge in [-0.1, -0.05) is 22.9 Å². The third-order valence-corrected chi connectivity index (χ3v) is 4.23. The van der Waals surface area contributed by atoms with Crippen LogP contribution >= 0.6 is 31.9 Å². The van der Waals surface area contributed by atoms with Gasteiger partial charge in [0.15, 0.2) is 0 Å². The van der Waals surface area contributed by atoms with Crippen LogP contribution in [0.25, 0.3) is 0 Å². The van der Waals surface area contributed by atoms with E-state index in [-0.39, 0.29) is 5.56 Å². The first kappa shape index (κ1) is 16.6. The Bertz CT molecular complexity index is 620. The van der Waals surface area contributed by atoms with Gasteiger partial charge in [0.2, 0.25) is 0 Å². The van der Waals surface area contributed by atoms with Gasteiger partial charge >= 0.3 is 0 Å². The van der Waals surface area contributed by atoms with Crippen LogP contribution in [0.4, 0.5) is 8.78 Å². The van der Waals surface area contributed by atoms with E-state index in [2.05, 4.69) is 42.3 Å². The number of nitrogens with zero attached hydrogens (tertiary/aromatic N) is 2. The van der Waals surface area contributed by atoms with Gasteiger partial charge in [-0.05, 0) is 41.5 Å². The summed E-state index contributed by atoms with van der Waals surface area (Å²) >= 11 is 6.51. The molecule has 0 bridgehead atoms. The topological polar surface area (TPSA) is 29.9 Å². The average Bonchev–Trinajstić information content (AvgIpc) is 2.75. The second kappa shape index (κ2) is 6.98. The summed E-state index contributed by atoms with van der Waals surface area (Å²) in [6.45, 7) is 2.70. The number of benzene rings is 1. The highest BCUT2D eigenvalue weighted by molar-refractivity contribution is 9.10. The standard InChI is InChI=1S/C14H15Br2F2N3/c1-3-4-21-14(9(16)7-20-21)13(19-2)12-10(17)5-8(15)6-11(12)18/h5-7,13,19H,3-4H2,1-2H3. The quantitative estimate of drug-likeness (QED) is 0.773. The van der Waals surface area contributed by atoms with Crippen molar-refractivity contribution in [3.63, 3.8) is 0 Å². The van der Waals surface area contributed by atoms with E-state index in [9.17, 15) is 8.78 Å². The van der Waals surface area contributed by atoms with E-state index in [1.165, 1.54) is 12.1 Å². The highest BCUT2D eigenvalue weighted by atomic mass is 79.9. The molecule has 114 valence electrons. The summed E-state index contributed by atoms with van der Waals surface area (Å²) < 4.78 is 31.3. The second-order valence-electron chi connectivity index (χ2n) is 4.61. The van der Waals surface area contributed by atoms with Gasteiger partial charge in [0.05, 0.1) is 22.4 Å². The molecule has 0 saturated heterocycles. The lowest BCUT2D eigenvalue weighted by atomic mass is 10.0. The van der Waals surface area contributed by atoms with E-state index in [1.807, 2.05) is 6.92 Å². The largest absolute Gasteiger partial charge is 0.308 e. The van der Waals surface area contributed by atoms with Gasteiger partial charge < -0.3 is 5.32 Å². The molecule has 0 aliphatic carbocycles. The summed E-state index contributed by atoms with van der Waals surface area (Å²) in [5.41, 5.74) is 0.693. The van der Waals surface area contributed by atoms with Crippen LogP contribution in [0.2, 0.25) is 0 Å². The summed E-state index contributed by atoms with van der Waals surface area (Å²) in [5, 5.41) is 7.23. The fraction of sp³-hybridized carbons (Fsp3) is 0.357. The molecule has 3 nitrogen and oxygen atoms in total. The molecule has 2 aromatic rings. The first-order valence-electron chi connectivity index (χ1n) is 6.52. The van der Waals surface area contributed by atoms with E-state index >= 15 is 0 Å². The van der Waals surface area contributed by atoms with Crippen molar-refractivity contribution < 1.29 is 8.78 Å². The minimum absolute atomic E-state index is 0.0146. The molecule has 0 aliphatic heterocycles. The highest BCUT2D eigenvalue weighted by Gasteiger charge is 2.26. The van der Waals surface area contributed by atoms with Crippen molar-refractivity contribution >= 4 is 31.9 Å². The smallest absolute Gasteiger partial charge is 0.132 e. The van der Waals surface area contributed by atoms with Crippen molar-refractivity contribution in [1.82, 2.24) is 15.1 Å². The Morgan fingerprint density at radius 3 is 2.43 bits per heavy atom. The lowest BCUT2D eigenvalue weighted by Gasteiger charge is -2.20. The van der Waals surface area contributed by atoms with E-state index in [4.69, 9.17) is 0 Å². The van der Waals surface area contributed by atoms with Gasteiger partial charge in [-0.3, -0.25) is 4.68 Å². The lowest BCUT2D eigenvalue weighted by Crippen LogP contribution is -2.24. The molecule has 7 heteroatoms. The fourth-order valence-corrected chi connectivity index (χ4v) is 3.22. The zero-order valence-corrected chi connectivity index (χ0v) is 14.8. The fourth-order valence-electron chi connectivity index (χ4n) is 2.30. The maximum atomic E-state index is 14.2. The molecule has 1 aromatic carbocycles. The molecular formula is C14H15Br2F2N3. The number of halogens is 4. The van der Waals surface area contributed by atoms with Gasteiger partial charge in [0.1, 0.15) is 11.6 Å². The van der Waals surface area contributed by atoms with Crippen LogP contribution < -0.4 is 5.32 Å². The molecule has 0 amide bonds. The average molecular weight is 423 g/mol. The Morgan fingerprint density at radius 1 is 1.29 bits per heavy atom. The molecule has 2 rings (SSSR count). The van der Waals surface area contributed by atoms with Crippen LogP contribution in [0.1, 0.15) is 30.6 Å². The van der Waals surface area contributed by atoms with Crippen molar-refractivity contribution in [1.29, 1.82) is 0 Å². The van der Waals surface area contributed by atoms with Gasteiger partial charge in [0.25, 0.3) is 0 Å². The first-order chi connectivity index (χ1) is 9.99. The molecule has 0 aliphatic rings. The molecule has 0 spiro atoms. The third kappa shape index (κ3) is 3.35. The maximum absolute atomic E-state index is 14.2. The van der Waals surface area contributed by atoms with Crippen LogP contribution in [0.3, 0.4) is 0 Å². The molecular weight excluding hydrogens is 408 g/mol. The molecule has 1 unspecified atom stereocenters. The molecule has 0 radical (unpaired) electrons. The number of aromatic nitrogens is 2. The number of aryl methyl sites for hydroxylation is 1. The van der Waals surface area contributed by atoms with Crippen molar-refractivity contribution in [2.45, 2.75) is 25.9 Å². The number of hydrogen-bond acceptors (Lipinski definition) is 2. The Kier molecular flexibility index (Phi) is 5.51. The lowest BCUT2D eigenvalue weighted by molar-refractivity contribution is 0.487. The van der Waals surface area contributed by atoms with E-state index in [0.717, 1.165) is 10.9 Å². The maximum Gasteiger partial charge on any atom is 0.132 e. The van der Waals surface area contributed by atoms with E-state index < -0.39 is 17.7 Å². The predicted octanol–water partition coefficient (Wildman–Crippen LogP) is 4.41.